The third kappa shape index (κ3) is 12.7. The number of unbranched alkanes of at least 4 members (excludes halogenated alkanes) is 2. The van der Waals surface area contributed by atoms with Gasteiger partial charge < -0.3 is 12.3 Å². The monoisotopic (exact) mass is 582 g/mol. The summed E-state index contributed by atoms with van der Waals surface area (Å²) in [6.45, 7) is 18.4. The summed E-state index contributed by atoms with van der Waals surface area (Å²) in [6, 6.07) is 23.7. The Hall–Kier alpha value is -0.812. The minimum absolute atomic E-state index is 0. The van der Waals surface area contributed by atoms with Crippen molar-refractivity contribution >= 4 is 44.1 Å². The molecule has 2 aromatic carbocycles. The second kappa shape index (κ2) is 17.7. The Morgan fingerprint density at radius 2 is 0.865 bits per heavy atom. The van der Waals surface area contributed by atoms with Crippen LogP contribution in [0.4, 0.5) is 0 Å². The first-order valence-corrected chi connectivity index (χ1v) is 23.5. The van der Waals surface area contributed by atoms with Crippen LogP contribution in [0.3, 0.4) is 0 Å². The highest BCUT2D eigenvalue weighted by Gasteiger charge is 2.52. The molecule has 7 heteroatoms. The molecule has 0 atom stereocenters. The molecule has 0 saturated heterocycles. The third-order valence-electron chi connectivity index (χ3n) is 5.90. The molecule has 0 radical (unpaired) electrons. The van der Waals surface area contributed by atoms with Gasteiger partial charge in [-0.15, -0.1) is 0 Å². The van der Waals surface area contributed by atoms with Crippen LogP contribution in [0.25, 0.3) is 0 Å². The highest BCUT2D eigenvalue weighted by molar-refractivity contribution is 7.02. The SMILES string of the molecule is C.C.C.C.CCCC[Si](C)(C)O[Si](C)(C)O[Si](O[Si](C)(C)CCCC)(c1ccccc1)c1ccccc1. The largest absolute Gasteiger partial charge is 0.436 e. The van der Waals surface area contributed by atoms with Crippen LogP contribution in [0.5, 0.6) is 0 Å². The molecule has 216 valence electrons. The first-order valence-electron chi connectivity index (χ1n) is 12.7. The van der Waals surface area contributed by atoms with E-state index in [1.165, 1.54) is 42.1 Å². The topological polar surface area (TPSA) is 27.7 Å². The fourth-order valence-corrected chi connectivity index (χ4v) is 23.5. The highest BCUT2D eigenvalue weighted by Crippen LogP contribution is 2.28. The summed E-state index contributed by atoms with van der Waals surface area (Å²) in [5, 5.41) is 2.37. The van der Waals surface area contributed by atoms with Crippen molar-refractivity contribution in [2.45, 2.75) is 121 Å². The Bertz CT molecular complexity index is 788. The molecule has 0 spiro atoms. The molecule has 0 unspecified atom stereocenters. The van der Waals surface area contributed by atoms with Crippen LogP contribution in [0.15, 0.2) is 60.7 Å². The van der Waals surface area contributed by atoms with E-state index in [1.807, 2.05) is 0 Å². The Morgan fingerprint density at radius 3 is 1.22 bits per heavy atom. The lowest BCUT2D eigenvalue weighted by atomic mass is 10.4. The molecule has 0 fully saturated rings. The first kappa shape index (κ1) is 40.7. The summed E-state index contributed by atoms with van der Waals surface area (Å²) < 4.78 is 21.6. The van der Waals surface area contributed by atoms with Gasteiger partial charge in [-0.1, -0.05) is 130 Å². The van der Waals surface area contributed by atoms with Crippen LogP contribution >= 0.6 is 0 Å². The normalized spacial score (nSPS) is 11.9. The zero-order chi connectivity index (χ0) is 24.6. The van der Waals surface area contributed by atoms with E-state index in [1.54, 1.807) is 0 Å². The van der Waals surface area contributed by atoms with Gasteiger partial charge in [0.05, 0.1) is 0 Å². The zero-order valence-electron chi connectivity index (χ0n) is 22.2. The average Bonchev–Trinajstić information content (AvgIpc) is 2.76. The highest BCUT2D eigenvalue weighted by atomic mass is 28.5. The Morgan fingerprint density at radius 1 is 0.514 bits per heavy atom. The number of benzene rings is 2. The lowest BCUT2D eigenvalue weighted by Crippen LogP contribution is -2.71. The summed E-state index contributed by atoms with van der Waals surface area (Å²) in [7, 11) is -9.30. The molecule has 0 aliphatic carbocycles. The standard InChI is InChI=1S/C26H46O3Si4.4CH4/c1-9-11-23-30(3,4)27-32(7,8)29-33(25-19-15-13-16-20-25,26-21-17-14-18-22-26)28-31(5,6)24-12-10-2;;;;/h13-22H,9-12,23-24H2,1-8H3;4*1H4. The van der Waals surface area contributed by atoms with Gasteiger partial charge in [-0.2, -0.15) is 0 Å². The van der Waals surface area contributed by atoms with Crippen LogP contribution in [-0.2, 0) is 12.3 Å². The van der Waals surface area contributed by atoms with Gasteiger partial charge in [0, 0.05) is 0 Å². The van der Waals surface area contributed by atoms with Crippen molar-refractivity contribution in [1.29, 1.82) is 0 Å². The summed E-state index contributed by atoms with van der Waals surface area (Å²) in [4.78, 5) is 0. The van der Waals surface area contributed by atoms with E-state index in [0.29, 0.717) is 0 Å². The van der Waals surface area contributed by atoms with E-state index in [4.69, 9.17) is 12.3 Å². The third-order valence-corrected chi connectivity index (χ3v) is 21.9. The van der Waals surface area contributed by atoms with Gasteiger partial charge in [0.25, 0.3) is 0 Å². The quantitative estimate of drug-likeness (QED) is 0.208. The van der Waals surface area contributed by atoms with E-state index in [9.17, 15) is 0 Å². The van der Waals surface area contributed by atoms with Crippen LogP contribution < -0.4 is 10.4 Å². The molecule has 0 aliphatic heterocycles. The van der Waals surface area contributed by atoms with Crippen molar-refractivity contribution < 1.29 is 12.3 Å². The van der Waals surface area contributed by atoms with Crippen LogP contribution in [-0.4, -0.2) is 33.8 Å². The lowest BCUT2D eigenvalue weighted by molar-refractivity contribution is 0.339. The molecule has 0 aromatic heterocycles. The smallest absolute Gasteiger partial charge is 0.388 e. The molecule has 0 aliphatic rings. The molecule has 0 bridgehead atoms. The molecule has 2 aromatic rings. The van der Waals surface area contributed by atoms with Crippen molar-refractivity contribution in [2.75, 3.05) is 0 Å². The molecule has 0 saturated carbocycles. The molecule has 37 heavy (non-hydrogen) atoms. The predicted octanol–water partition coefficient (Wildman–Crippen LogP) is 9.55. The maximum atomic E-state index is 7.36. The van der Waals surface area contributed by atoms with E-state index in [2.05, 4.69) is 114 Å². The van der Waals surface area contributed by atoms with Crippen molar-refractivity contribution in [1.82, 2.24) is 0 Å². The molecular formula is C30H62O3Si4. The Labute approximate surface area is 237 Å². The van der Waals surface area contributed by atoms with Crippen LogP contribution in [0, 0.1) is 0 Å². The van der Waals surface area contributed by atoms with Crippen molar-refractivity contribution in [2.24, 2.45) is 0 Å². The second-order valence-electron chi connectivity index (χ2n) is 10.8. The van der Waals surface area contributed by atoms with Crippen LogP contribution in [0.1, 0.15) is 69.2 Å². The van der Waals surface area contributed by atoms with Gasteiger partial charge in [0.1, 0.15) is 0 Å². The van der Waals surface area contributed by atoms with Gasteiger partial charge in [-0.05, 0) is 61.7 Å². The predicted molar refractivity (Wildman–Crippen MR) is 180 cm³/mol. The number of rotatable bonds is 14. The minimum Gasteiger partial charge on any atom is -0.436 e. The Kier molecular flexibility index (Phi) is 19.5. The zero-order valence-corrected chi connectivity index (χ0v) is 26.2. The van der Waals surface area contributed by atoms with Gasteiger partial charge in [0.15, 0.2) is 16.6 Å². The summed E-state index contributed by atoms with van der Waals surface area (Å²) >= 11 is 0. The van der Waals surface area contributed by atoms with Crippen molar-refractivity contribution in [3.63, 3.8) is 0 Å². The van der Waals surface area contributed by atoms with E-state index in [-0.39, 0.29) is 29.7 Å². The van der Waals surface area contributed by atoms with Gasteiger partial charge in [-0.25, -0.2) is 0 Å². The van der Waals surface area contributed by atoms with E-state index in [0.717, 1.165) is 6.04 Å². The minimum atomic E-state index is -2.98. The lowest BCUT2D eigenvalue weighted by Gasteiger charge is -2.44. The number of hydrogen-bond acceptors (Lipinski definition) is 3. The first-order chi connectivity index (χ1) is 15.5. The fraction of sp³-hybridized carbons (Fsp3) is 0.600. The van der Waals surface area contributed by atoms with Crippen molar-refractivity contribution in [3.05, 3.63) is 60.7 Å². The maximum Gasteiger partial charge on any atom is 0.388 e. The second-order valence-corrected chi connectivity index (χ2v) is 26.5. The van der Waals surface area contributed by atoms with Gasteiger partial charge in [-0.3, -0.25) is 0 Å². The van der Waals surface area contributed by atoms with Crippen molar-refractivity contribution in [3.8, 4) is 0 Å². The molecule has 2 rings (SSSR count). The average molecular weight is 583 g/mol. The van der Waals surface area contributed by atoms with Gasteiger partial charge in [0.2, 0.25) is 0 Å². The maximum absolute atomic E-state index is 7.36. The summed E-state index contributed by atoms with van der Waals surface area (Å²) in [6.07, 6.45) is 4.81. The van der Waals surface area contributed by atoms with Crippen LogP contribution in [0.2, 0.25) is 51.4 Å². The van der Waals surface area contributed by atoms with E-state index < -0.39 is 33.8 Å². The summed E-state index contributed by atoms with van der Waals surface area (Å²) in [5.41, 5.74) is 0. The van der Waals surface area contributed by atoms with Gasteiger partial charge >= 0.3 is 17.1 Å². The molecular weight excluding hydrogens is 521 g/mol. The molecule has 3 nitrogen and oxygen atoms in total. The Balaban J connectivity index is -0.00000289. The number of hydrogen-bond donors (Lipinski definition) is 0. The molecule has 0 heterocycles. The van der Waals surface area contributed by atoms with E-state index >= 15 is 0 Å². The molecule has 0 N–H and O–H groups in total. The summed E-state index contributed by atoms with van der Waals surface area (Å²) in [5.74, 6) is 0. The molecule has 0 amide bonds. The fourth-order valence-electron chi connectivity index (χ4n) is 4.47.